The van der Waals surface area contributed by atoms with Gasteiger partial charge in [-0.05, 0) is 31.5 Å². The molecule has 1 amide bonds. The van der Waals surface area contributed by atoms with Gasteiger partial charge >= 0.3 is 0 Å². The first-order valence-electron chi connectivity index (χ1n) is 7.71. The van der Waals surface area contributed by atoms with Crippen molar-refractivity contribution >= 4 is 32.6 Å². The first-order valence-corrected chi connectivity index (χ1v) is 8.53. The summed E-state index contributed by atoms with van der Waals surface area (Å²) in [4.78, 5) is 19.1. The minimum absolute atomic E-state index is 0.0161. The molecule has 118 valence electrons. The van der Waals surface area contributed by atoms with Gasteiger partial charge in [0.15, 0.2) is 5.13 Å². The van der Waals surface area contributed by atoms with Gasteiger partial charge in [0.25, 0.3) is 5.91 Å². The Morgan fingerprint density at radius 2 is 2.23 bits per heavy atom. The standard InChI is InChI=1S/C16H21N3O2S/c1-3-11(2)17-15(20)12-4-5-13-14(10-12)22-16(18-13)19-6-8-21-9-7-19/h4-5,10-11H,3,6-9H2,1-2H3,(H,17,20)/t11-/m1/s1. The summed E-state index contributed by atoms with van der Waals surface area (Å²) < 4.78 is 6.43. The monoisotopic (exact) mass is 319 g/mol. The summed E-state index contributed by atoms with van der Waals surface area (Å²) >= 11 is 1.64. The Kier molecular flexibility index (Phi) is 4.59. The summed E-state index contributed by atoms with van der Waals surface area (Å²) in [6, 6.07) is 5.91. The number of carbonyl (C=O) groups excluding carboxylic acids is 1. The van der Waals surface area contributed by atoms with Crippen LogP contribution in [0.15, 0.2) is 18.2 Å². The third-order valence-electron chi connectivity index (χ3n) is 3.91. The number of nitrogens with zero attached hydrogens (tertiary/aromatic N) is 2. The predicted octanol–water partition coefficient (Wildman–Crippen LogP) is 2.66. The molecule has 0 bridgehead atoms. The van der Waals surface area contributed by atoms with Crippen molar-refractivity contribution in [3.05, 3.63) is 23.8 Å². The van der Waals surface area contributed by atoms with Gasteiger partial charge in [0, 0.05) is 24.7 Å². The number of amides is 1. The Morgan fingerprint density at radius 1 is 1.45 bits per heavy atom. The Labute approximate surface area is 134 Å². The fourth-order valence-corrected chi connectivity index (χ4v) is 3.41. The molecule has 1 aromatic carbocycles. The molecule has 1 aliphatic heterocycles. The van der Waals surface area contributed by atoms with E-state index in [0.717, 1.165) is 48.1 Å². The molecule has 22 heavy (non-hydrogen) atoms. The highest BCUT2D eigenvalue weighted by Crippen LogP contribution is 2.30. The normalized spacial score (nSPS) is 16.7. The lowest BCUT2D eigenvalue weighted by Crippen LogP contribution is -2.36. The van der Waals surface area contributed by atoms with Crippen molar-refractivity contribution in [3.8, 4) is 0 Å². The molecule has 2 heterocycles. The average molecular weight is 319 g/mol. The zero-order valence-electron chi connectivity index (χ0n) is 13.0. The van der Waals surface area contributed by atoms with E-state index in [1.54, 1.807) is 11.3 Å². The molecule has 3 rings (SSSR count). The van der Waals surface area contributed by atoms with Crippen molar-refractivity contribution in [2.45, 2.75) is 26.3 Å². The quantitative estimate of drug-likeness (QED) is 0.941. The molecule has 2 aromatic rings. The van der Waals surface area contributed by atoms with Gasteiger partial charge in [0.2, 0.25) is 0 Å². The molecule has 0 spiro atoms. The smallest absolute Gasteiger partial charge is 0.251 e. The molecular weight excluding hydrogens is 298 g/mol. The van der Waals surface area contributed by atoms with Crippen LogP contribution in [0.4, 0.5) is 5.13 Å². The highest BCUT2D eigenvalue weighted by atomic mass is 32.1. The minimum atomic E-state index is -0.0161. The molecule has 1 atom stereocenters. The van der Waals surface area contributed by atoms with Gasteiger partial charge in [-0.3, -0.25) is 4.79 Å². The first kappa shape index (κ1) is 15.2. The fraction of sp³-hybridized carbons (Fsp3) is 0.500. The number of benzene rings is 1. The van der Waals surface area contributed by atoms with Crippen molar-refractivity contribution in [1.82, 2.24) is 10.3 Å². The van der Waals surface area contributed by atoms with E-state index in [-0.39, 0.29) is 11.9 Å². The summed E-state index contributed by atoms with van der Waals surface area (Å²) in [5, 5.41) is 4.01. The number of morpholine rings is 1. The van der Waals surface area contributed by atoms with E-state index in [1.165, 1.54) is 0 Å². The third kappa shape index (κ3) is 3.23. The van der Waals surface area contributed by atoms with Crippen LogP contribution in [0.25, 0.3) is 10.2 Å². The molecular formula is C16H21N3O2S. The molecule has 1 aromatic heterocycles. The molecule has 0 aliphatic carbocycles. The van der Waals surface area contributed by atoms with Crippen molar-refractivity contribution in [2.75, 3.05) is 31.2 Å². The number of thiazole rings is 1. The second kappa shape index (κ2) is 6.62. The number of rotatable bonds is 4. The summed E-state index contributed by atoms with van der Waals surface area (Å²) in [6.07, 6.45) is 0.926. The first-order chi connectivity index (χ1) is 10.7. The number of hydrogen-bond acceptors (Lipinski definition) is 5. The molecule has 1 aliphatic rings. The van der Waals surface area contributed by atoms with Crippen LogP contribution in [-0.2, 0) is 4.74 Å². The van der Waals surface area contributed by atoms with Gasteiger partial charge in [-0.2, -0.15) is 0 Å². The summed E-state index contributed by atoms with van der Waals surface area (Å²) in [6.45, 7) is 7.32. The summed E-state index contributed by atoms with van der Waals surface area (Å²) in [5.41, 5.74) is 1.65. The van der Waals surface area contributed by atoms with Gasteiger partial charge in [0.05, 0.1) is 23.4 Å². The lowest BCUT2D eigenvalue weighted by atomic mass is 10.2. The van der Waals surface area contributed by atoms with Gasteiger partial charge in [-0.25, -0.2) is 4.98 Å². The highest BCUT2D eigenvalue weighted by molar-refractivity contribution is 7.22. The number of fused-ring (bicyclic) bond motifs is 1. The van der Waals surface area contributed by atoms with Crippen LogP contribution in [0, 0.1) is 0 Å². The van der Waals surface area contributed by atoms with E-state index in [2.05, 4.69) is 22.1 Å². The molecule has 5 nitrogen and oxygen atoms in total. The topological polar surface area (TPSA) is 54.5 Å². The second-order valence-electron chi connectivity index (χ2n) is 5.56. The molecule has 0 saturated carbocycles. The van der Waals surface area contributed by atoms with E-state index < -0.39 is 0 Å². The van der Waals surface area contributed by atoms with Crippen LogP contribution in [-0.4, -0.2) is 43.2 Å². The SMILES string of the molecule is CC[C@@H](C)NC(=O)c1ccc2nc(N3CCOCC3)sc2c1. The Hall–Kier alpha value is -1.66. The van der Waals surface area contributed by atoms with E-state index in [4.69, 9.17) is 4.74 Å². The number of nitrogens with one attached hydrogen (secondary N) is 1. The molecule has 0 radical (unpaired) electrons. The summed E-state index contributed by atoms with van der Waals surface area (Å²) in [5.74, 6) is -0.0161. The van der Waals surface area contributed by atoms with Gasteiger partial charge in [-0.15, -0.1) is 0 Å². The lowest BCUT2D eigenvalue weighted by molar-refractivity contribution is 0.0939. The number of carbonyl (C=O) groups is 1. The summed E-state index contributed by atoms with van der Waals surface area (Å²) in [7, 11) is 0. The highest BCUT2D eigenvalue weighted by Gasteiger charge is 2.16. The van der Waals surface area contributed by atoms with Crippen molar-refractivity contribution in [2.24, 2.45) is 0 Å². The van der Waals surface area contributed by atoms with E-state index >= 15 is 0 Å². The Bertz CT molecular complexity index is 664. The Balaban J connectivity index is 1.82. The van der Waals surface area contributed by atoms with Gasteiger partial charge in [0.1, 0.15) is 0 Å². The largest absolute Gasteiger partial charge is 0.378 e. The number of anilines is 1. The van der Waals surface area contributed by atoms with Crippen LogP contribution in [0.1, 0.15) is 30.6 Å². The maximum absolute atomic E-state index is 12.2. The van der Waals surface area contributed by atoms with Crippen molar-refractivity contribution in [3.63, 3.8) is 0 Å². The van der Waals surface area contributed by atoms with Crippen LogP contribution < -0.4 is 10.2 Å². The third-order valence-corrected chi connectivity index (χ3v) is 4.99. The van der Waals surface area contributed by atoms with Gasteiger partial charge < -0.3 is 15.0 Å². The van der Waals surface area contributed by atoms with E-state index in [0.29, 0.717) is 5.56 Å². The second-order valence-corrected chi connectivity index (χ2v) is 6.57. The number of aromatic nitrogens is 1. The van der Waals surface area contributed by atoms with Crippen molar-refractivity contribution < 1.29 is 9.53 Å². The van der Waals surface area contributed by atoms with Crippen LogP contribution in [0.3, 0.4) is 0 Å². The van der Waals surface area contributed by atoms with Crippen LogP contribution in [0.5, 0.6) is 0 Å². The number of ether oxygens (including phenoxy) is 1. The minimum Gasteiger partial charge on any atom is -0.378 e. The van der Waals surface area contributed by atoms with E-state index in [9.17, 15) is 4.79 Å². The van der Waals surface area contributed by atoms with Crippen molar-refractivity contribution in [1.29, 1.82) is 0 Å². The zero-order chi connectivity index (χ0) is 15.5. The molecule has 6 heteroatoms. The lowest BCUT2D eigenvalue weighted by Gasteiger charge is -2.25. The maximum Gasteiger partial charge on any atom is 0.251 e. The number of hydrogen-bond donors (Lipinski definition) is 1. The molecule has 1 fully saturated rings. The van der Waals surface area contributed by atoms with Gasteiger partial charge in [-0.1, -0.05) is 18.3 Å². The molecule has 0 unspecified atom stereocenters. The molecule has 1 N–H and O–H groups in total. The van der Waals surface area contributed by atoms with Crippen LogP contribution >= 0.6 is 11.3 Å². The predicted molar refractivity (Wildman–Crippen MR) is 89.9 cm³/mol. The Morgan fingerprint density at radius 3 is 2.95 bits per heavy atom. The average Bonchev–Trinajstić information content (AvgIpc) is 2.98. The van der Waals surface area contributed by atoms with E-state index in [1.807, 2.05) is 25.1 Å². The maximum atomic E-state index is 12.2. The molecule has 1 saturated heterocycles. The fourth-order valence-electron chi connectivity index (χ4n) is 2.35. The van der Waals surface area contributed by atoms with Crippen LogP contribution in [0.2, 0.25) is 0 Å². The zero-order valence-corrected chi connectivity index (χ0v) is 13.8.